The van der Waals surface area contributed by atoms with Crippen molar-refractivity contribution in [3.63, 3.8) is 0 Å². The Morgan fingerprint density at radius 3 is 2.71 bits per heavy atom. The minimum absolute atomic E-state index is 0.0622. The van der Waals surface area contributed by atoms with E-state index in [2.05, 4.69) is 23.9 Å². The number of rotatable bonds is 4. The second kappa shape index (κ2) is 7.48. The fraction of sp³-hybridized carbons (Fsp3) is 0.227. The Kier molecular flexibility index (Phi) is 5.01. The third kappa shape index (κ3) is 3.61. The van der Waals surface area contributed by atoms with Gasteiger partial charge in [-0.1, -0.05) is 72.1 Å². The lowest BCUT2D eigenvalue weighted by Gasteiger charge is -1.98. The van der Waals surface area contributed by atoms with Crippen molar-refractivity contribution in [2.24, 2.45) is 11.3 Å². The summed E-state index contributed by atoms with van der Waals surface area (Å²) < 4.78 is 7.96. The van der Waals surface area contributed by atoms with Gasteiger partial charge in [0.25, 0.3) is 5.56 Å². The highest BCUT2D eigenvalue weighted by molar-refractivity contribution is 7.15. The fourth-order valence-electron chi connectivity index (χ4n) is 3.96. The van der Waals surface area contributed by atoms with Gasteiger partial charge in [-0.05, 0) is 41.7 Å². The number of aromatic nitrogens is 3. The van der Waals surface area contributed by atoms with Crippen LogP contribution in [0.25, 0.3) is 22.4 Å². The number of allylic oxidation sites excluding steroid dienone is 1. The largest absolute Gasteiger partial charge is 0.457 e. The highest BCUT2D eigenvalue weighted by Gasteiger charge is 2.59. The molecule has 0 radical (unpaired) electrons. The van der Waals surface area contributed by atoms with E-state index in [1.165, 1.54) is 15.9 Å². The highest BCUT2D eigenvalue weighted by atomic mass is 35.5. The molecule has 1 saturated carbocycles. The first kappa shape index (κ1) is 20.8. The summed E-state index contributed by atoms with van der Waals surface area (Å²) in [6.07, 6.45) is 3.51. The van der Waals surface area contributed by atoms with Crippen molar-refractivity contribution in [2.75, 3.05) is 0 Å². The molecule has 31 heavy (non-hydrogen) atoms. The predicted molar refractivity (Wildman–Crippen MR) is 125 cm³/mol. The van der Waals surface area contributed by atoms with Gasteiger partial charge in [0.15, 0.2) is 5.82 Å². The van der Waals surface area contributed by atoms with Gasteiger partial charge in [0.2, 0.25) is 4.96 Å². The van der Waals surface area contributed by atoms with Crippen LogP contribution in [0.4, 0.5) is 0 Å². The summed E-state index contributed by atoms with van der Waals surface area (Å²) in [7, 11) is 0. The van der Waals surface area contributed by atoms with Crippen LogP contribution in [0, 0.1) is 11.3 Å². The van der Waals surface area contributed by atoms with Crippen LogP contribution in [-0.4, -0.2) is 14.6 Å². The molecule has 0 N–H and O–H groups in total. The Balaban J connectivity index is 1.48. The number of furan rings is 1. The summed E-state index contributed by atoms with van der Waals surface area (Å²) in [5.74, 6) is 2.04. The molecule has 9 heteroatoms. The van der Waals surface area contributed by atoms with Crippen LogP contribution in [0.1, 0.15) is 31.4 Å². The molecule has 0 saturated heterocycles. The molecule has 1 aliphatic carbocycles. The average molecular weight is 493 g/mol. The topological polar surface area (TPSA) is 60.4 Å². The van der Waals surface area contributed by atoms with Crippen LogP contribution in [-0.2, 0) is 0 Å². The maximum Gasteiger partial charge on any atom is 0.291 e. The van der Waals surface area contributed by atoms with Crippen molar-refractivity contribution in [2.45, 2.75) is 19.8 Å². The van der Waals surface area contributed by atoms with Crippen molar-refractivity contribution in [1.29, 1.82) is 0 Å². The first-order valence-electron chi connectivity index (χ1n) is 9.54. The van der Waals surface area contributed by atoms with E-state index in [0.29, 0.717) is 31.9 Å². The van der Waals surface area contributed by atoms with Gasteiger partial charge >= 0.3 is 0 Å². The van der Waals surface area contributed by atoms with Gasteiger partial charge in [-0.2, -0.15) is 4.52 Å². The third-order valence-corrected chi connectivity index (χ3v) is 7.27. The minimum atomic E-state index is -0.227. The molecular formula is C22H16Cl3N3O2S. The van der Waals surface area contributed by atoms with Crippen molar-refractivity contribution < 1.29 is 4.42 Å². The predicted octanol–water partition coefficient (Wildman–Crippen LogP) is 5.67. The molecule has 1 aliphatic rings. The Morgan fingerprint density at radius 2 is 2.00 bits per heavy atom. The molecule has 2 atom stereocenters. The Labute approximate surface area is 196 Å². The molecule has 5 rings (SSSR count). The van der Waals surface area contributed by atoms with E-state index in [0.717, 1.165) is 5.56 Å². The molecule has 3 aromatic heterocycles. The van der Waals surface area contributed by atoms with Crippen molar-refractivity contribution in [3.05, 3.63) is 78.5 Å². The van der Waals surface area contributed by atoms with E-state index in [9.17, 15) is 4.79 Å². The summed E-state index contributed by atoms with van der Waals surface area (Å²) in [6.45, 7) is 4.21. The summed E-state index contributed by atoms with van der Waals surface area (Å²) in [6, 6.07) is 11.1. The number of benzene rings is 1. The average Bonchev–Trinajstić information content (AvgIpc) is 3.16. The lowest BCUT2D eigenvalue weighted by Crippen LogP contribution is -2.23. The molecule has 158 valence electrons. The van der Waals surface area contributed by atoms with E-state index in [4.69, 9.17) is 39.2 Å². The molecular weight excluding hydrogens is 477 g/mol. The number of hydrogen-bond donors (Lipinski definition) is 0. The normalized spacial score (nSPS) is 20.4. The second-order valence-corrected chi connectivity index (χ2v) is 10.5. The Hall–Kier alpha value is -2.12. The van der Waals surface area contributed by atoms with Crippen molar-refractivity contribution >= 4 is 57.2 Å². The first-order chi connectivity index (χ1) is 14.8. The Morgan fingerprint density at radius 1 is 1.23 bits per heavy atom. The minimum Gasteiger partial charge on any atom is -0.457 e. The van der Waals surface area contributed by atoms with Crippen molar-refractivity contribution in [1.82, 2.24) is 14.6 Å². The summed E-state index contributed by atoms with van der Waals surface area (Å²) >= 11 is 19.2. The van der Waals surface area contributed by atoms with Gasteiger partial charge in [0.05, 0.1) is 5.02 Å². The summed E-state index contributed by atoms with van der Waals surface area (Å²) in [5.41, 5.74) is 0.509. The van der Waals surface area contributed by atoms with E-state index in [1.807, 2.05) is 30.3 Å². The number of nitrogens with zero attached hydrogens (tertiary/aromatic N) is 3. The molecule has 1 aromatic carbocycles. The monoisotopic (exact) mass is 491 g/mol. The zero-order valence-electron chi connectivity index (χ0n) is 16.5. The highest BCUT2D eigenvalue weighted by Crippen LogP contribution is 2.64. The maximum atomic E-state index is 12.9. The number of halogens is 3. The lowest BCUT2D eigenvalue weighted by molar-refractivity contribution is 0.571. The van der Waals surface area contributed by atoms with Gasteiger partial charge in [-0.3, -0.25) is 4.79 Å². The zero-order valence-corrected chi connectivity index (χ0v) is 19.6. The summed E-state index contributed by atoms with van der Waals surface area (Å²) in [4.78, 5) is 18.0. The van der Waals surface area contributed by atoms with Gasteiger partial charge in [-0.25, -0.2) is 4.98 Å². The van der Waals surface area contributed by atoms with Crippen LogP contribution in [0.2, 0.25) is 5.02 Å². The quantitative estimate of drug-likeness (QED) is 0.368. The third-order valence-electron chi connectivity index (χ3n) is 5.73. The second-order valence-electron chi connectivity index (χ2n) is 8.04. The molecule has 0 aliphatic heterocycles. The summed E-state index contributed by atoms with van der Waals surface area (Å²) in [5, 5.41) is 5.08. The number of fused-ring (bicyclic) bond motifs is 1. The standard InChI is InChI=1S/C22H16Cl3N3O2S/c1-22(2)13(10-17(24)25)18(22)19-26-21-28(27-19)20(29)16(31-21)9-11-7-8-15(30-11)12-5-3-4-6-14(12)23/h3-10,13,18H,1-2H3/b16-9+/t13-,18+/m1/s1. The molecule has 5 nitrogen and oxygen atoms in total. The number of thiazole rings is 1. The van der Waals surface area contributed by atoms with Crippen LogP contribution < -0.4 is 10.1 Å². The fourth-order valence-corrected chi connectivity index (χ4v) is 5.36. The molecule has 0 bridgehead atoms. The van der Waals surface area contributed by atoms with E-state index < -0.39 is 0 Å². The zero-order chi connectivity index (χ0) is 21.9. The molecule has 0 spiro atoms. The first-order valence-corrected chi connectivity index (χ1v) is 11.5. The maximum absolute atomic E-state index is 12.9. The number of hydrogen-bond acceptors (Lipinski definition) is 5. The molecule has 0 amide bonds. The van der Waals surface area contributed by atoms with Gasteiger partial charge in [-0.15, -0.1) is 5.10 Å². The van der Waals surface area contributed by atoms with E-state index in [1.54, 1.807) is 18.2 Å². The Bertz CT molecular complexity index is 1450. The molecule has 0 unspecified atom stereocenters. The molecule has 4 aromatic rings. The molecule has 3 heterocycles. The van der Waals surface area contributed by atoms with Crippen LogP contribution in [0.5, 0.6) is 0 Å². The van der Waals surface area contributed by atoms with Crippen LogP contribution in [0.15, 0.2) is 56.2 Å². The smallest absolute Gasteiger partial charge is 0.291 e. The van der Waals surface area contributed by atoms with Crippen LogP contribution in [0.3, 0.4) is 0 Å². The SMILES string of the molecule is CC1(C)[C@H](C=C(Cl)Cl)[C@H]1c1nc2s/c(=C/c3ccc(-c4ccccc4Cl)o3)c(=O)n2n1. The van der Waals surface area contributed by atoms with Gasteiger partial charge in [0.1, 0.15) is 20.5 Å². The van der Waals surface area contributed by atoms with Gasteiger partial charge < -0.3 is 4.42 Å². The van der Waals surface area contributed by atoms with Crippen molar-refractivity contribution in [3.8, 4) is 11.3 Å². The van der Waals surface area contributed by atoms with E-state index >= 15 is 0 Å². The van der Waals surface area contributed by atoms with Gasteiger partial charge in [0, 0.05) is 17.6 Å². The van der Waals surface area contributed by atoms with E-state index in [-0.39, 0.29) is 27.3 Å². The van der Waals surface area contributed by atoms with Crippen LogP contribution >= 0.6 is 46.1 Å². The lowest BCUT2D eigenvalue weighted by atomic mass is 10.1. The molecule has 1 fully saturated rings.